The molecule has 192 valence electrons. The van der Waals surface area contributed by atoms with Crippen molar-refractivity contribution < 1.29 is 4.74 Å². The van der Waals surface area contributed by atoms with E-state index in [0.717, 1.165) is 53.3 Å². The molecule has 3 nitrogen and oxygen atoms in total. The van der Waals surface area contributed by atoms with E-state index in [2.05, 4.69) is 87.7 Å². The lowest BCUT2D eigenvalue weighted by Gasteiger charge is -2.28. The van der Waals surface area contributed by atoms with E-state index in [1.807, 2.05) is 0 Å². The van der Waals surface area contributed by atoms with Gasteiger partial charge in [-0.05, 0) is 60.4 Å². The van der Waals surface area contributed by atoms with Gasteiger partial charge >= 0.3 is 0 Å². The van der Waals surface area contributed by atoms with Crippen molar-refractivity contribution in [2.45, 2.75) is 66.2 Å². The van der Waals surface area contributed by atoms with Crippen molar-refractivity contribution in [1.29, 1.82) is 0 Å². The number of aromatic nitrogens is 1. The van der Waals surface area contributed by atoms with Gasteiger partial charge in [-0.25, -0.2) is 4.98 Å². The van der Waals surface area contributed by atoms with Gasteiger partial charge in [0.15, 0.2) is 0 Å². The minimum atomic E-state index is 0.701. The third kappa shape index (κ3) is 4.92. The van der Waals surface area contributed by atoms with Crippen LogP contribution in [0.1, 0.15) is 75.9 Å². The summed E-state index contributed by atoms with van der Waals surface area (Å²) in [4.78, 5) is 7.67. The predicted octanol–water partition coefficient (Wildman–Crippen LogP) is 9.65. The third-order valence-electron chi connectivity index (χ3n) is 7.45. The molecule has 1 aliphatic rings. The fourth-order valence-corrected chi connectivity index (χ4v) is 6.38. The fourth-order valence-electron chi connectivity index (χ4n) is 5.31. The van der Waals surface area contributed by atoms with Gasteiger partial charge < -0.3 is 9.64 Å². The van der Waals surface area contributed by atoms with Gasteiger partial charge in [-0.2, -0.15) is 0 Å². The number of fused-ring (bicyclic) bond motifs is 4. The van der Waals surface area contributed by atoms with Crippen molar-refractivity contribution >= 4 is 49.2 Å². The van der Waals surface area contributed by atoms with Crippen LogP contribution in [0.4, 0.5) is 5.69 Å². The molecule has 0 unspecified atom stereocenters. The third-order valence-corrected chi connectivity index (χ3v) is 8.48. The Bertz CT molecular complexity index is 1470. The van der Waals surface area contributed by atoms with Crippen molar-refractivity contribution in [3.8, 4) is 5.75 Å². The molecule has 0 N–H and O–H groups in total. The Balaban J connectivity index is 1.57. The van der Waals surface area contributed by atoms with Crippen LogP contribution in [0.15, 0.2) is 60.9 Å². The van der Waals surface area contributed by atoms with E-state index in [9.17, 15) is 0 Å². The molecule has 37 heavy (non-hydrogen) atoms. The second-order valence-corrected chi connectivity index (χ2v) is 11.0. The van der Waals surface area contributed by atoms with Crippen LogP contribution in [0.3, 0.4) is 0 Å². The first kappa shape index (κ1) is 25.5. The molecule has 0 aliphatic carbocycles. The highest BCUT2D eigenvalue weighted by atomic mass is 32.1. The number of unbranched alkanes of at least 4 members (excludes halogenated alkanes) is 2. The maximum absolute atomic E-state index is 6.43. The summed E-state index contributed by atoms with van der Waals surface area (Å²) < 4.78 is 7.63. The first-order chi connectivity index (χ1) is 18.1. The molecule has 0 radical (unpaired) electrons. The van der Waals surface area contributed by atoms with Crippen LogP contribution in [0.2, 0.25) is 0 Å². The fraction of sp³-hybridized carbons (Fsp3) is 0.364. The van der Waals surface area contributed by atoms with Gasteiger partial charge in [-0.15, -0.1) is 11.3 Å². The Morgan fingerprint density at radius 3 is 2.38 bits per heavy atom. The van der Waals surface area contributed by atoms with Gasteiger partial charge in [0, 0.05) is 35.8 Å². The van der Waals surface area contributed by atoms with Gasteiger partial charge in [-0.3, -0.25) is 0 Å². The molecular weight excluding hydrogens is 472 g/mol. The smallest absolute Gasteiger partial charge is 0.137 e. The van der Waals surface area contributed by atoms with Gasteiger partial charge in [0.05, 0.1) is 15.8 Å². The van der Waals surface area contributed by atoms with Crippen LogP contribution < -0.4 is 9.64 Å². The van der Waals surface area contributed by atoms with Crippen LogP contribution in [-0.2, 0) is 6.42 Å². The van der Waals surface area contributed by atoms with Crippen LogP contribution in [-0.4, -0.2) is 18.1 Å². The Morgan fingerprint density at radius 2 is 1.68 bits per heavy atom. The molecule has 1 aliphatic heterocycles. The summed E-state index contributed by atoms with van der Waals surface area (Å²) in [6.45, 7) is 15.5. The molecule has 3 aromatic carbocycles. The molecule has 0 fully saturated rings. The van der Waals surface area contributed by atoms with Crippen LogP contribution in [0.5, 0.6) is 5.75 Å². The number of rotatable bonds is 10. The normalized spacial score (nSPS) is 13.4. The van der Waals surface area contributed by atoms with Crippen molar-refractivity contribution in [2.75, 3.05) is 18.0 Å². The molecule has 5 rings (SSSR count). The summed E-state index contributed by atoms with van der Waals surface area (Å²) in [6, 6.07) is 17.9. The van der Waals surface area contributed by atoms with E-state index >= 15 is 0 Å². The largest absolute Gasteiger partial charge is 0.457 e. The Hall–Kier alpha value is -3.11. The van der Waals surface area contributed by atoms with E-state index in [1.54, 1.807) is 11.3 Å². The first-order valence-corrected chi connectivity index (χ1v) is 14.7. The Kier molecular flexibility index (Phi) is 7.66. The molecule has 1 aromatic heterocycles. The first-order valence-electron chi connectivity index (χ1n) is 13.9. The molecule has 0 saturated heterocycles. The van der Waals surface area contributed by atoms with E-state index in [1.165, 1.54) is 58.0 Å². The highest BCUT2D eigenvalue weighted by Crippen LogP contribution is 2.46. The zero-order valence-electron chi connectivity index (χ0n) is 22.7. The standard InChI is InChI=1S/C33H38N2OS/c1-6-10-18-35(19-11-7-2)25-14-16-28-26(9-4)31(22(5)36-29(28)21-25)33-34-32-27-15-12-23(8-3)20-24(27)13-17-30(32)37-33/h12-17,20-21H,5-11,18-19H2,1-4H3. The lowest BCUT2D eigenvalue weighted by molar-refractivity contribution is 0.445. The van der Waals surface area contributed by atoms with Gasteiger partial charge in [0.1, 0.15) is 16.5 Å². The number of anilines is 1. The van der Waals surface area contributed by atoms with Gasteiger partial charge in [0.2, 0.25) is 0 Å². The van der Waals surface area contributed by atoms with E-state index in [0.29, 0.717) is 5.76 Å². The average molecular weight is 511 g/mol. The minimum Gasteiger partial charge on any atom is -0.457 e. The zero-order valence-corrected chi connectivity index (χ0v) is 23.5. The maximum atomic E-state index is 6.43. The number of hydrogen-bond donors (Lipinski definition) is 0. The highest BCUT2D eigenvalue weighted by molar-refractivity contribution is 7.19. The molecule has 0 amide bonds. The van der Waals surface area contributed by atoms with Crippen molar-refractivity contribution in [3.05, 3.63) is 77.0 Å². The molecule has 4 heteroatoms. The SMILES string of the molecule is C=C1Oc2cc(N(CCCC)CCCC)ccc2C(CC)=C1c1nc2c(ccc3cc(CC)ccc32)s1. The van der Waals surface area contributed by atoms with Gasteiger partial charge in [-0.1, -0.05) is 71.4 Å². The molecular formula is C33H38N2OS. The van der Waals surface area contributed by atoms with Crippen molar-refractivity contribution in [2.24, 2.45) is 0 Å². The molecule has 0 bridgehead atoms. The van der Waals surface area contributed by atoms with Crippen LogP contribution in [0.25, 0.3) is 32.1 Å². The number of aryl methyl sites for hydroxylation is 1. The Morgan fingerprint density at radius 1 is 0.892 bits per heavy atom. The quantitative estimate of drug-likeness (QED) is 0.212. The second kappa shape index (κ2) is 11.1. The van der Waals surface area contributed by atoms with Crippen molar-refractivity contribution in [3.63, 3.8) is 0 Å². The lowest BCUT2D eigenvalue weighted by atomic mass is 9.93. The van der Waals surface area contributed by atoms with E-state index in [4.69, 9.17) is 9.72 Å². The average Bonchev–Trinajstić information content (AvgIpc) is 3.36. The molecule has 0 atom stereocenters. The van der Waals surface area contributed by atoms with Crippen LogP contribution >= 0.6 is 11.3 Å². The number of allylic oxidation sites excluding steroid dienone is 2. The number of nitrogens with zero attached hydrogens (tertiary/aromatic N) is 2. The topological polar surface area (TPSA) is 25.4 Å². The highest BCUT2D eigenvalue weighted by Gasteiger charge is 2.27. The van der Waals surface area contributed by atoms with Gasteiger partial charge in [0.25, 0.3) is 0 Å². The summed E-state index contributed by atoms with van der Waals surface area (Å²) >= 11 is 1.73. The minimum absolute atomic E-state index is 0.701. The van der Waals surface area contributed by atoms with E-state index in [-0.39, 0.29) is 0 Å². The van der Waals surface area contributed by atoms with Crippen LogP contribution in [0, 0.1) is 0 Å². The summed E-state index contributed by atoms with van der Waals surface area (Å²) in [5, 5.41) is 3.45. The summed E-state index contributed by atoms with van der Waals surface area (Å²) in [5.41, 5.74) is 7.14. The monoisotopic (exact) mass is 510 g/mol. The molecule has 0 spiro atoms. The maximum Gasteiger partial charge on any atom is 0.137 e. The number of hydrogen-bond acceptors (Lipinski definition) is 4. The number of thiazole rings is 1. The predicted molar refractivity (Wildman–Crippen MR) is 162 cm³/mol. The summed E-state index contributed by atoms with van der Waals surface area (Å²) in [5.74, 6) is 1.62. The second-order valence-electron chi connectivity index (χ2n) is 9.95. The number of benzene rings is 3. The summed E-state index contributed by atoms with van der Waals surface area (Å²) in [7, 11) is 0. The van der Waals surface area contributed by atoms with Crippen molar-refractivity contribution in [1.82, 2.24) is 4.98 Å². The lowest BCUT2D eigenvalue weighted by Crippen LogP contribution is -2.25. The Labute approximate surface area is 225 Å². The molecule has 0 saturated carbocycles. The number of ether oxygens (including phenoxy) is 1. The summed E-state index contributed by atoms with van der Waals surface area (Å²) in [6.07, 6.45) is 6.73. The molecule has 2 heterocycles. The van der Waals surface area contributed by atoms with E-state index < -0.39 is 0 Å². The molecule has 4 aromatic rings. The zero-order chi connectivity index (χ0) is 25.9.